The summed E-state index contributed by atoms with van der Waals surface area (Å²) in [7, 11) is 3.17. The molecule has 21 heavy (non-hydrogen) atoms. The highest BCUT2D eigenvalue weighted by Gasteiger charge is 2.06. The molecule has 1 aromatic heterocycles. The SMILES string of the molecule is C=CCNc1cnnc(Nc2ccc(OC)c(OC)c2)n1. The van der Waals surface area contributed by atoms with Crippen LogP contribution in [0.25, 0.3) is 0 Å². The van der Waals surface area contributed by atoms with Crippen LogP contribution in [-0.4, -0.2) is 35.9 Å². The summed E-state index contributed by atoms with van der Waals surface area (Å²) in [4.78, 5) is 4.29. The summed E-state index contributed by atoms with van der Waals surface area (Å²) in [5.41, 5.74) is 0.773. The van der Waals surface area contributed by atoms with Crippen LogP contribution in [0.3, 0.4) is 0 Å². The van der Waals surface area contributed by atoms with Gasteiger partial charge in [-0.1, -0.05) is 6.08 Å². The fourth-order valence-electron chi connectivity index (χ4n) is 1.66. The van der Waals surface area contributed by atoms with E-state index in [0.717, 1.165) is 5.69 Å². The third-order valence-corrected chi connectivity index (χ3v) is 2.63. The second-order valence-corrected chi connectivity index (χ2v) is 4.03. The topological polar surface area (TPSA) is 81.2 Å². The van der Waals surface area contributed by atoms with Gasteiger partial charge in [0.2, 0.25) is 5.95 Å². The highest BCUT2D eigenvalue weighted by molar-refractivity contribution is 5.60. The van der Waals surface area contributed by atoms with Gasteiger partial charge in [0.1, 0.15) is 0 Å². The number of nitrogens with one attached hydrogen (secondary N) is 2. The fraction of sp³-hybridized carbons (Fsp3) is 0.214. The number of hydrogen-bond acceptors (Lipinski definition) is 7. The van der Waals surface area contributed by atoms with Gasteiger partial charge in [-0.25, -0.2) is 0 Å². The molecule has 0 unspecified atom stereocenters. The Kier molecular flexibility index (Phi) is 4.92. The van der Waals surface area contributed by atoms with Gasteiger partial charge in [-0.3, -0.25) is 0 Å². The number of hydrogen-bond donors (Lipinski definition) is 2. The molecule has 7 heteroatoms. The van der Waals surface area contributed by atoms with Gasteiger partial charge < -0.3 is 20.1 Å². The van der Waals surface area contributed by atoms with Crippen molar-refractivity contribution in [1.29, 1.82) is 0 Å². The van der Waals surface area contributed by atoms with Gasteiger partial charge in [-0.15, -0.1) is 11.7 Å². The Morgan fingerprint density at radius 1 is 1.24 bits per heavy atom. The number of rotatable bonds is 7. The number of anilines is 3. The molecule has 0 amide bonds. The fourth-order valence-corrected chi connectivity index (χ4v) is 1.66. The van der Waals surface area contributed by atoms with Gasteiger partial charge in [0.15, 0.2) is 17.3 Å². The van der Waals surface area contributed by atoms with E-state index in [2.05, 4.69) is 32.4 Å². The summed E-state index contributed by atoms with van der Waals surface area (Å²) < 4.78 is 10.4. The molecule has 0 saturated carbocycles. The first-order valence-electron chi connectivity index (χ1n) is 6.30. The van der Waals surface area contributed by atoms with Crippen LogP contribution in [0.4, 0.5) is 17.5 Å². The van der Waals surface area contributed by atoms with E-state index in [0.29, 0.717) is 29.8 Å². The number of methoxy groups -OCH3 is 2. The molecule has 0 aliphatic rings. The maximum Gasteiger partial charge on any atom is 0.249 e. The Hall–Kier alpha value is -2.83. The van der Waals surface area contributed by atoms with E-state index in [1.165, 1.54) is 0 Å². The van der Waals surface area contributed by atoms with E-state index in [-0.39, 0.29) is 0 Å². The van der Waals surface area contributed by atoms with Crippen LogP contribution in [-0.2, 0) is 0 Å². The molecular weight excluding hydrogens is 270 g/mol. The lowest BCUT2D eigenvalue weighted by atomic mass is 10.3. The van der Waals surface area contributed by atoms with Gasteiger partial charge >= 0.3 is 0 Å². The highest BCUT2D eigenvalue weighted by Crippen LogP contribution is 2.30. The molecule has 2 N–H and O–H groups in total. The lowest BCUT2D eigenvalue weighted by Gasteiger charge is -2.10. The summed E-state index contributed by atoms with van der Waals surface area (Å²) in [5, 5.41) is 13.9. The van der Waals surface area contributed by atoms with E-state index in [4.69, 9.17) is 9.47 Å². The van der Waals surface area contributed by atoms with Crippen molar-refractivity contribution in [2.24, 2.45) is 0 Å². The first kappa shape index (κ1) is 14.6. The first-order chi connectivity index (χ1) is 10.3. The van der Waals surface area contributed by atoms with Crippen LogP contribution in [0.2, 0.25) is 0 Å². The van der Waals surface area contributed by atoms with Crippen LogP contribution in [0.5, 0.6) is 11.5 Å². The van der Waals surface area contributed by atoms with Gasteiger partial charge in [0.05, 0.1) is 20.4 Å². The van der Waals surface area contributed by atoms with Gasteiger partial charge in [-0.05, 0) is 12.1 Å². The molecule has 0 radical (unpaired) electrons. The molecule has 0 spiro atoms. The van der Waals surface area contributed by atoms with Crippen molar-refractivity contribution in [3.8, 4) is 11.5 Å². The molecule has 0 aliphatic heterocycles. The zero-order valence-electron chi connectivity index (χ0n) is 12.0. The average Bonchev–Trinajstić information content (AvgIpc) is 2.53. The van der Waals surface area contributed by atoms with E-state index >= 15 is 0 Å². The van der Waals surface area contributed by atoms with E-state index < -0.39 is 0 Å². The largest absolute Gasteiger partial charge is 0.493 e. The van der Waals surface area contributed by atoms with Crippen LogP contribution >= 0.6 is 0 Å². The molecule has 0 aliphatic carbocycles. The molecule has 7 nitrogen and oxygen atoms in total. The van der Waals surface area contributed by atoms with Crippen LogP contribution < -0.4 is 20.1 Å². The molecule has 0 atom stereocenters. The number of aromatic nitrogens is 3. The van der Waals surface area contributed by atoms with Crippen molar-refractivity contribution in [2.75, 3.05) is 31.4 Å². The Morgan fingerprint density at radius 2 is 2.05 bits per heavy atom. The molecule has 2 rings (SSSR count). The molecule has 2 aromatic rings. The monoisotopic (exact) mass is 287 g/mol. The predicted molar refractivity (Wildman–Crippen MR) is 81.3 cm³/mol. The summed E-state index contributed by atoms with van der Waals surface area (Å²) in [6, 6.07) is 5.44. The molecule has 0 fully saturated rings. The smallest absolute Gasteiger partial charge is 0.249 e. The van der Waals surface area contributed by atoms with Gasteiger partial charge in [-0.2, -0.15) is 10.1 Å². The predicted octanol–water partition coefficient (Wildman–Crippen LogP) is 2.23. The Bertz CT molecular complexity index is 618. The third kappa shape index (κ3) is 3.82. The van der Waals surface area contributed by atoms with Crippen molar-refractivity contribution in [3.05, 3.63) is 37.1 Å². The average molecular weight is 287 g/mol. The first-order valence-corrected chi connectivity index (χ1v) is 6.30. The zero-order valence-corrected chi connectivity index (χ0v) is 12.0. The van der Waals surface area contributed by atoms with E-state index in [1.807, 2.05) is 6.07 Å². The molecule has 1 heterocycles. The normalized spacial score (nSPS) is 9.81. The van der Waals surface area contributed by atoms with Crippen molar-refractivity contribution in [3.63, 3.8) is 0 Å². The van der Waals surface area contributed by atoms with Gasteiger partial charge in [0, 0.05) is 18.3 Å². The van der Waals surface area contributed by atoms with Gasteiger partial charge in [0.25, 0.3) is 0 Å². The van der Waals surface area contributed by atoms with Crippen molar-refractivity contribution >= 4 is 17.5 Å². The van der Waals surface area contributed by atoms with E-state index in [9.17, 15) is 0 Å². The van der Waals surface area contributed by atoms with Crippen molar-refractivity contribution in [1.82, 2.24) is 15.2 Å². The Labute approximate surface area is 123 Å². The summed E-state index contributed by atoms with van der Waals surface area (Å²) in [6.45, 7) is 4.24. The summed E-state index contributed by atoms with van der Waals surface area (Å²) in [6.07, 6.45) is 3.28. The standard InChI is InChI=1S/C14H17N5O2/c1-4-7-15-13-9-16-19-14(18-13)17-10-5-6-11(20-2)12(8-10)21-3/h4-6,8-9H,1,7H2,2-3H3,(H2,15,17,18,19). The molecule has 0 saturated heterocycles. The quantitative estimate of drug-likeness (QED) is 0.756. The lowest BCUT2D eigenvalue weighted by molar-refractivity contribution is 0.355. The second-order valence-electron chi connectivity index (χ2n) is 4.03. The van der Waals surface area contributed by atoms with Crippen LogP contribution in [0.1, 0.15) is 0 Å². The van der Waals surface area contributed by atoms with Crippen molar-refractivity contribution < 1.29 is 9.47 Å². The van der Waals surface area contributed by atoms with Crippen LogP contribution in [0, 0.1) is 0 Å². The molecular formula is C14H17N5O2. The zero-order chi connectivity index (χ0) is 15.1. The van der Waals surface area contributed by atoms with E-state index in [1.54, 1.807) is 38.6 Å². The number of ether oxygens (including phenoxy) is 2. The highest BCUT2D eigenvalue weighted by atomic mass is 16.5. The third-order valence-electron chi connectivity index (χ3n) is 2.63. The molecule has 110 valence electrons. The maximum atomic E-state index is 5.25. The Morgan fingerprint density at radius 3 is 2.76 bits per heavy atom. The Balaban J connectivity index is 2.15. The maximum absolute atomic E-state index is 5.25. The van der Waals surface area contributed by atoms with Crippen LogP contribution in [0.15, 0.2) is 37.1 Å². The molecule has 0 bridgehead atoms. The molecule has 1 aromatic carbocycles. The minimum absolute atomic E-state index is 0.385. The number of benzene rings is 1. The second kappa shape index (κ2) is 7.09. The minimum Gasteiger partial charge on any atom is -0.493 e. The van der Waals surface area contributed by atoms with Crippen molar-refractivity contribution in [2.45, 2.75) is 0 Å². The summed E-state index contributed by atoms with van der Waals surface area (Å²) >= 11 is 0. The lowest BCUT2D eigenvalue weighted by Crippen LogP contribution is -2.05. The summed E-state index contributed by atoms with van der Waals surface area (Å²) in [5.74, 6) is 2.28. The minimum atomic E-state index is 0.385. The number of nitrogens with zero attached hydrogens (tertiary/aromatic N) is 3.